The molecule has 0 saturated heterocycles. The van der Waals surface area contributed by atoms with Gasteiger partial charge in [-0.2, -0.15) is 5.26 Å². The van der Waals surface area contributed by atoms with Gasteiger partial charge in [-0.15, -0.1) is 11.8 Å². The average Bonchev–Trinajstić information content (AvgIpc) is 2.59. The summed E-state index contributed by atoms with van der Waals surface area (Å²) in [6, 6.07) is 9.95. The summed E-state index contributed by atoms with van der Waals surface area (Å²) < 4.78 is 0. The largest absolute Gasteiger partial charge is 0.328 e. The lowest BCUT2D eigenvalue weighted by atomic mass is 10.0. The third-order valence-corrected chi connectivity index (χ3v) is 5.20. The fourth-order valence-electron chi connectivity index (χ4n) is 2.77. The average molecular weight is 369 g/mol. The Morgan fingerprint density at radius 3 is 2.80 bits per heavy atom. The minimum atomic E-state index is 0.516. The quantitative estimate of drug-likeness (QED) is 0.698. The monoisotopic (exact) mass is 368 g/mol. The summed E-state index contributed by atoms with van der Waals surface area (Å²) in [6.45, 7) is 8.74. The first-order valence-corrected chi connectivity index (χ1v) is 9.24. The minimum Gasteiger partial charge on any atom is -0.328 e. The van der Waals surface area contributed by atoms with Crippen LogP contribution >= 0.6 is 23.4 Å². The van der Waals surface area contributed by atoms with Gasteiger partial charge in [-0.3, -0.25) is 0 Å². The molecule has 1 aromatic carbocycles. The van der Waals surface area contributed by atoms with Crippen molar-refractivity contribution in [2.45, 2.75) is 25.4 Å². The van der Waals surface area contributed by atoms with Gasteiger partial charge in [0.1, 0.15) is 16.7 Å². The van der Waals surface area contributed by atoms with Crippen LogP contribution in [0.3, 0.4) is 0 Å². The summed E-state index contributed by atoms with van der Waals surface area (Å²) in [7, 11) is 0. The fourth-order valence-corrected chi connectivity index (χ4v) is 3.72. The van der Waals surface area contributed by atoms with Crippen molar-refractivity contribution < 1.29 is 0 Å². The fraction of sp³-hybridized carbons (Fsp3) is 0.211. The number of fused-ring (bicyclic) bond motifs is 1. The highest BCUT2D eigenvalue weighted by Gasteiger charge is 2.25. The number of aliphatic imine (C=N–C) groups is 1. The van der Waals surface area contributed by atoms with Crippen LogP contribution in [0.1, 0.15) is 29.3 Å². The zero-order valence-electron chi connectivity index (χ0n) is 14.1. The molecule has 3 rings (SSSR count). The number of hydrogen-bond acceptors (Lipinski definition) is 5. The van der Waals surface area contributed by atoms with Crippen molar-refractivity contribution in [2.75, 3.05) is 5.75 Å². The predicted octanol–water partition coefficient (Wildman–Crippen LogP) is 5.17. The van der Waals surface area contributed by atoms with Crippen LogP contribution in [0.4, 0.5) is 5.69 Å². The highest BCUT2D eigenvalue weighted by molar-refractivity contribution is 7.99. The normalized spacial score (nSPS) is 12.9. The van der Waals surface area contributed by atoms with Gasteiger partial charge in [-0.05, 0) is 24.3 Å². The molecule has 0 N–H and O–H groups in total. The second kappa shape index (κ2) is 7.30. The molecule has 1 aromatic heterocycles. The molecule has 25 heavy (non-hydrogen) atoms. The Balaban J connectivity index is 2.02. The molecule has 0 aliphatic carbocycles. The highest BCUT2D eigenvalue weighted by Crippen LogP contribution is 2.40. The second-order valence-electron chi connectivity index (χ2n) is 5.56. The Hall–Kier alpha value is -2.29. The first kappa shape index (κ1) is 17.5. The summed E-state index contributed by atoms with van der Waals surface area (Å²) in [5.74, 6) is 0.850. The van der Waals surface area contributed by atoms with Crippen LogP contribution in [0.25, 0.3) is 5.70 Å². The van der Waals surface area contributed by atoms with Crippen molar-refractivity contribution in [1.82, 2.24) is 9.88 Å². The number of halogens is 1. The van der Waals surface area contributed by atoms with Gasteiger partial charge in [0.05, 0.1) is 24.3 Å². The Morgan fingerprint density at radius 2 is 2.12 bits per heavy atom. The van der Waals surface area contributed by atoms with Crippen molar-refractivity contribution >= 4 is 41.1 Å². The van der Waals surface area contributed by atoms with Gasteiger partial charge < -0.3 is 4.90 Å². The van der Waals surface area contributed by atoms with E-state index in [4.69, 9.17) is 11.6 Å². The molecule has 126 valence electrons. The molecule has 1 aliphatic heterocycles. The number of aromatic nitrogens is 1. The maximum Gasteiger partial charge on any atom is 0.116 e. The molecule has 6 heteroatoms. The highest BCUT2D eigenvalue weighted by atomic mass is 35.5. The summed E-state index contributed by atoms with van der Waals surface area (Å²) in [6.07, 6.45) is 1.72. The summed E-state index contributed by atoms with van der Waals surface area (Å²) >= 11 is 7.82. The molecule has 1 aliphatic rings. The Bertz CT molecular complexity index is 914. The third kappa shape index (κ3) is 3.28. The SMILES string of the molecule is C=C1c2c(C)nc(SCC)c(C#N)c2N=CN1Cc1ccccc1Cl. The van der Waals surface area contributed by atoms with Crippen LogP contribution in [-0.4, -0.2) is 22.0 Å². The van der Waals surface area contributed by atoms with Gasteiger partial charge >= 0.3 is 0 Å². The lowest BCUT2D eigenvalue weighted by molar-refractivity contribution is 0.589. The Morgan fingerprint density at radius 1 is 1.36 bits per heavy atom. The molecule has 2 heterocycles. The lowest BCUT2D eigenvalue weighted by Gasteiger charge is -2.28. The smallest absolute Gasteiger partial charge is 0.116 e. The molecule has 0 spiro atoms. The van der Waals surface area contributed by atoms with Crippen LogP contribution in [0.5, 0.6) is 0 Å². The topological polar surface area (TPSA) is 52.3 Å². The molecule has 0 fully saturated rings. The van der Waals surface area contributed by atoms with E-state index in [0.29, 0.717) is 22.8 Å². The number of nitriles is 1. The molecule has 4 nitrogen and oxygen atoms in total. The zero-order chi connectivity index (χ0) is 18.0. The third-order valence-electron chi connectivity index (χ3n) is 3.97. The van der Waals surface area contributed by atoms with Crippen LogP contribution in [0.15, 0.2) is 40.9 Å². The number of benzene rings is 1. The van der Waals surface area contributed by atoms with Crippen molar-refractivity contribution in [3.05, 3.63) is 58.3 Å². The maximum absolute atomic E-state index is 9.58. The number of thioether (sulfide) groups is 1. The van der Waals surface area contributed by atoms with E-state index in [1.54, 1.807) is 18.1 Å². The molecule has 2 aromatic rings. The number of pyridine rings is 1. The molecular formula is C19H17ClN4S. The molecule has 0 saturated carbocycles. The van der Waals surface area contributed by atoms with Crippen LogP contribution in [0, 0.1) is 18.3 Å². The summed E-state index contributed by atoms with van der Waals surface area (Å²) in [5.41, 5.74) is 4.60. The number of aryl methyl sites for hydroxylation is 1. The molecule has 0 unspecified atom stereocenters. The van der Waals surface area contributed by atoms with E-state index in [1.807, 2.05) is 43.0 Å². The predicted molar refractivity (Wildman–Crippen MR) is 104 cm³/mol. The lowest BCUT2D eigenvalue weighted by Crippen LogP contribution is -2.23. The summed E-state index contributed by atoms with van der Waals surface area (Å²) in [5, 5.41) is 11.0. The first-order chi connectivity index (χ1) is 12.1. The molecule has 0 atom stereocenters. The first-order valence-electron chi connectivity index (χ1n) is 7.87. The number of rotatable bonds is 4. The number of nitrogens with zero attached hydrogens (tertiary/aromatic N) is 4. The molecule has 0 bridgehead atoms. The second-order valence-corrected chi connectivity index (χ2v) is 7.22. The Kier molecular flexibility index (Phi) is 5.12. The van der Waals surface area contributed by atoms with Gasteiger partial charge in [0.25, 0.3) is 0 Å². The van der Waals surface area contributed by atoms with Crippen molar-refractivity contribution in [3.63, 3.8) is 0 Å². The zero-order valence-corrected chi connectivity index (χ0v) is 15.7. The van der Waals surface area contributed by atoms with E-state index in [0.717, 1.165) is 33.3 Å². The number of hydrogen-bond donors (Lipinski definition) is 0. The Labute approximate surface area is 156 Å². The van der Waals surface area contributed by atoms with E-state index < -0.39 is 0 Å². The molecular weight excluding hydrogens is 352 g/mol. The van der Waals surface area contributed by atoms with E-state index in [2.05, 4.69) is 22.6 Å². The van der Waals surface area contributed by atoms with Gasteiger partial charge in [0, 0.05) is 16.3 Å². The van der Waals surface area contributed by atoms with Gasteiger partial charge in [0.2, 0.25) is 0 Å². The van der Waals surface area contributed by atoms with E-state index in [1.165, 1.54) is 0 Å². The van der Waals surface area contributed by atoms with Crippen LogP contribution in [-0.2, 0) is 6.54 Å². The van der Waals surface area contributed by atoms with Crippen molar-refractivity contribution in [1.29, 1.82) is 5.26 Å². The van der Waals surface area contributed by atoms with E-state index in [-0.39, 0.29) is 0 Å². The van der Waals surface area contributed by atoms with Crippen LogP contribution in [0.2, 0.25) is 5.02 Å². The van der Waals surface area contributed by atoms with Crippen molar-refractivity contribution in [2.24, 2.45) is 4.99 Å². The molecule has 0 amide bonds. The van der Waals surface area contributed by atoms with E-state index >= 15 is 0 Å². The van der Waals surface area contributed by atoms with Gasteiger partial charge in [-0.25, -0.2) is 9.98 Å². The standard InChI is InChI=1S/C19H17ClN4S/c1-4-25-19-15(9-21)18-17(12(2)23-19)13(3)24(11-22-18)10-14-7-5-6-8-16(14)20/h5-8,11H,3-4,10H2,1-2H3. The van der Waals surface area contributed by atoms with E-state index in [9.17, 15) is 5.26 Å². The van der Waals surface area contributed by atoms with Gasteiger partial charge in [0.15, 0.2) is 0 Å². The molecule has 0 radical (unpaired) electrons. The summed E-state index contributed by atoms with van der Waals surface area (Å²) in [4.78, 5) is 11.1. The van der Waals surface area contributed by atoms with Gasteiger partial charge in [-0.1, -0.05) is 43.3 Å². The van der Waals surface area contributed by atoms with Crippen LogP contribution < -0.4 is 0 Å². The van der Waals surface area contributed by atoms with Crippen molar-refractivity contribution in [3.8, 4) is 6.07 Å². The minimum absolute atomic E-state index is 0.516. The maximum atomic E-state index is 9.58.